The molecule has 2 rings (SSSR count). The third-order valence-corrected chi connectivity index (χ3v) is 3.90. The maximum Gasteiger partial charge on any atom is 0.252 e. The summed E-state index contributed by atoms with van der Waals surface area (Å²) in [5.41, 5.74) is 3.65. The first-order valence-corrected chi connectivity index (χ1v) is 8.09. The SMILES string of the molecule is CCc1cccc(C)c1N(CCNC(=O)c1cccnc1)C(C)=O. The molecule has 5 nitrogen and oxygen atoms in total. The summed E-state index contributed by atoms with van der Waals surface area (Å²) in [6, 6.07) is 9.46. The number of nitrogens with zero attached hydrogens (tertiary/aromatic N) is 2. The van der Waals surface area contributed by atoms with E-state index >= 15 is 0 Å². The first-order chi connectivity index (χ1) is 11.5. The van der Waals surface area contributed by atoms with Gasteiger partial charge in [0.25, 0.3) is 5.91 Å². The van der Waals surface area contributed by atoms with E-state index in [0.717, 1.165) is 23.2 Å². The molecule has 2 amide bonds. The van der Waals surface area contributed by atoms with Crippen LogP contribution in [0.15, 0.2) is 42.7 Å². The lowest BCUT2D eigenvalue weighted by Gasteiger charge is -2.26. The second-order valence-corrected chi connectivity index (χ2v) is 5.60. The molecule has 0 unspecified atom stereocenters. The van der Waals surface area contributed by atoms with E-state index in [1.165, 1.54) is 6.20 Å². The van der Waals surface area contributed by atoms with Crippen molar-refractivity contribution in [2.24, 2.45) is 0 Å². The standard InChI is InChI=1S/C19H23N3O2/c1-4-16-8-5-7-14(2)18(16)22(15(3)23)12-11-21-19(24)17-9-6-10-20-13-17/h5-10,13H,4,11-12H2,1-3H3,(H,21,24). The summed E-state index contributed by atoms with van der Waals surface area (Å²) in [7, 11) is 0. The topological polar surface area (TPSA) is 62.3 Å². The molecule has 1 aromatic carbocycles. The third-order valence-electron chi connectivity index (χ3n) is 3.90. The fourth-order valence-corrected chi connectivity index (χ4v) is 2.70. The van der Waals surface area contributed by atoms with Gasteiger partial charge in [-0.25, -0.2) is 0 Å². The highest BCUT2D eigenvalue weighted by Gasteiger charge is 2.17. The summed E-state index contributed by atoms with van der Waals surface area (Å²) in [5.74, 6) is -0.221. The molecule has 1 aromatic heterocycles. The Morgan fingerprint density at radius 3 is 2.62 bits per heavy atom. The smallest absolute Gasteiger partial charge is 0.252 e. The highest BCUT2D eigenvalue weighted by atomic mass is 16.2. The minimum atomic E-state index is -0.188. The van der Waals surface area contributed by atoms with E-state index in [-0.39, 0.29) is 11.8 Å². The number of anilines is 1. The molecule has 24 heavy (non-hydrogen) atoms. The Bertz CT molecular complexity index is 714. The Morgan fingerprint density at radius 2 is 2.00 bits per heavy atom. The third kappa shape index (κ3) is 4.19. The summed E-state index contributed by atoms with van der Waals surface area (Å²) in [5, 5.41) is 2.84. The Hall–Kier alpha value is -2.69. The van der Waals surface area contributed by atoms with Crippen molar-refractivity contribution < 1.29 is 9.59 Å². The van der Waals surface area contributed by atoms with Crippen molar-refractivity contribution in [1.29, 1.82) is 0 Å². The maximum atomic E-state index is 12.1. The molecule has 0 aliphatic rings. The number of pyridine rings is 1. The summed E-state index contributed by atoms with van der Waals surface area (Å²) in [6.45, 7) is 6.43. The Labute approximate surface area is 142 Å². The van der Waals surface area contributed by atoms with Crippen molar-refractivity contribution in [2.75, 3.05) is 18.0 Å². The Balaban J connectivity index is 2.08. The molecule has 1 N–H and O–H groups in total. The predicted molar refractivity (Wildman–Crippen MR) is 95.2 cm³/mol. The molecule has 0 atom stereocenters. The van der Waals surface area contributed by atoms with E-state index in [1.54, 1.807) is 30.2 Å². The largest absolute Gasteiger partial charge is 0.350 e. The van der Waals surface area contributed by atoms with Gasteiger partial charge in [-0.1, -0.05) is 25.1 Å². The molecule has 0 aliphatic heterocycles. The lowest BCUT2D eigenvalue weighted by atomic mass is 10.0. The summed E-state index contributed by atoms with van der Waals surface area (Å²) < 4.78 is 0. The molecular weight excluding hydrogens is 302 g/mol. The van der Waals surface area contributed by atoms with Crippen LogP contribution in [0.25, 0.3) is 0 Å². The van der Waals surface area contributed by atoms with Crippen LogP contribution in [0.1, 0.15) is 35.3 Å². The Morgan fingerprint density at radius 1 is 1.21 bits per heavy atom. The lowest BCUT2D eigenvalue weighted by Crippen LogP contribution is -2.38. The zero-order valence-corrected chi connectivity index (χ0v) is 14.4. The lowest BCUT2D eigenvalue weighted by molar-refractivity contribution is -0.116. The molecule has 5 heteroatoms. The van der Waals surface area contributed by atoms with Gasteiger partial charge in [0, 0.05) is 38.1 Å². The van der Waals surface area contributed by atoms with Crippen LogP contribution < -0.4 is 10.2 Å². The highest BCUT2D eigenvalue weighted by Crippen LogP contribution is 2.25. The molecule has 0 spiro atoms. The molecule has 0 radical (unpaired) electrons. The van der Waals surface area contributed by atoms with Crippen LogP contribution >= 0.6 is 0 Å². The molecule has 0 fully saturated rings. The van der Waals surface area contributed by atoms with E-state index in [0.29, 0.717) is 18.7 Å². The number of hydrogen-bond donors (Lipinski definition) is 1. The van der Waals surface area contributed by atoms with E-state index in [1.807, 2.05) is 25.1 Å². The van der Waals surface area contributed by atoms with Gasteiger partial charge in [0.1, 0.15) is 0 Å². The van der Waals surface area contributed by atoms with Crippen LogP contribution in [0, 0.1) is 6.92 Å². The number of hydrogen-bond acceptors (Lipinski definition) is 3. The monoisotopic (exact) mass is 325 g/mol. The number of aryl methyl sites for hydroxylation is 2. The van der Waals surface area contributed by atoms with Crippen LogP contribution in [-0.2, 0) is 11.2 Å². The van der Waals surface area contributed by atoms with Crippen molar-refractivity contribution in [2.45, 2.75) is 27.2 Å². The minimum absolute atomic E-state index is 0.0328. The van der Waals surface area contributed by atoms with Gasteiger partial charge >= 0.3 is 0 Å². The fraction of sp³-hybridized carbons (Fsp3) is 0.316. The molecule has 0 saturated heterocycles. The zero-order chi connectivity index (χ0) is 17.5. The van der Waals surface area contributed by atoms with Gasteiger partial charge in [-0.15, -0.1) is 0 Å². The number of carbonyl (C=O) groups is 2. The van der Waals surface area contributed by atoms with Crippen molar-refractivity contribution in [3.63, 3.8) is 0 Å². The summed E-state index contributed by atoms with van der Waals surface area (Å²) in [6.07, 6.45) is 4.00. The molecule has 0 aliphatic carbocycles. The number of rotatable bonds is 6. The van der Waals surface area contributed by atoms with E-state index in [9.17, 15) is 9.59 Å². The predicted octanol–water partition coefficient (Wildman–Crippen LogP) is 2.74. The van der Waals surface area contributed by atoms with Gasteiger partial charge in [-0.2, -0.15) is 0 Å². The first kappa shape index (κ1) is 17.7. The highest BCUT2D eigenvalue weighted by molar-refractivity contribution is 5.95. The number of amides is 2. The Kier molecular flexibility index (Phi) is 6.07. The van der Waals surface area contributed by atoms with Crippen molar-refractivity contribution in [3.05, 3.63) is 59.4 Å². The van der Waals surface area contributed by atoms with Gasteiger partial charge < -0.3 is 10.2 Å². The number of benzene rings is 1. The average molecular weight is 325 g/mol. The van der Waals surface area contributed by atoms with Crippen LogP contribution in [0.2, 0.25) is 0 Å². The van der Waals surface area contributed by atoms with Gasteiger partial charge in [0.05, 0.1) is 5.56 Å². The summed E-state index contributed by atoms with van der Waals surface area (Å²) >= 11 is 0. The first-order valence-electron chi connectivity index (χ1n) is 8.09. The second kappa shape index (κ2) is 8.24. The van der Waals surface area contributed by atoms with Crippen LogP contribution in [-0.4, -0.2) is 29.9 Å². The number of nitrogens with one attached hydrogen (secondary N) is 1. The van der Waals surface area contributed by atoms with E-state index in [2.05, 4.69) is 17.2 Å². The normalized spacial score (nSPS) is 10.3. The molecular formula is C19H23N3O2. The summed E-state index contributed by atoms with van der Waals surface area (Å²) in [4.78, 5) is 29.8. The number of carbonyl (C=O) groups excluding carboxylic acids is 2. The number of para-hydroxylation sites is 1. The molecule has 0 saturated carbocycles. The second-order valence-electron chi connectivity index (χ2n) is 5.60. The van der Waals surface area contributed by atoms with Crippen LogP contribution in [0.4, 0.5) is 5.69 Å². The molecule has 1 heterocycles. The van der Waals surface area contributed by atoms with Crippen molar-refractivity contribution >= 4 is 17.5 Å². The van der Waals surface area contributed by atoms with Crippen LogP contribution in [0.3, 0.4) is 0 Å². The van der Waals surface area contributed by atoms with E-state index in [4.69, 9.17) is 0 Å². The molecule has 126 valence electrons. The van der Waals surface area contributed by atoms with Crippen molar-refractivity contribution in [1.82, 2.24) is 10.3 Å². The quantitative estimate of drug-likeness (QED) is 0.888. The number of aromatic nitrogens is 1. The van der Waals surface area contributed by atoms with Gasteiger partial charge in [-0.05, 0) is 36.6 Å². The maximum absolute atomic E-state index is 12.1. The average Bonchev–Trinajstić information content (AvgIpc) is 2.59. The zero-order valence-electron chi connectivity index (χ0n) is 14.4. The van der Waals surface area contributed by atoms with Crippen molar-refractivity contribution in [3.8, 4) is 0 Å². The van der Waals surface area contributed by atoms with E-state index < -0.39 is 0 Å². The van der Waals surface area contributed by atoms with Gasteiger partial charge in [0.2, 0.25) is 5.91 Å². The minimum Gasteiger partial charge on any atom is -0.350 e. The van der Waals surface area contributed by atoms with Gasteiger partial charge in [-0.3, -0.25) is 14.6 Å². The fourth-order valence-electron chi connectivity index (χ4n) is 2.70. The molecule has 0 bridgehead atoms. The molecule has 2 aromatic rings. The van der Waals surface area contributed by atoms with Crippen LogP contribution in [0.5, 0.6) is 0 Å². The van der Waals surface area contributed by atoms with Gasteiger partial charge in [0.15, 0.2) is 0 Å².